The number of anilines is 1. The zero-order valence-corrected chi connectivity index (χ0v) is 18.0. The van der Waals surface area contributed by atoms with Crippen LogP contribution in [0.4, 0.5) is 5.82 Å². The molecule has 1 aromatic heterocycles. The maximum Gasteiger partial charge on any atom is 0.231 e. The van der Waals surface area contributed by atoms with Crippen molar-refractivity contribution < 1.29 is 13.2 Å². The molecule has 1 atom stereocenters. The summed E-state index contributed by atoms with van der Waals surface area (Å²) in [4.78, 5) is 19.9. The van der Waals surface area contributed by atoms with Gasteiger partial charge in [0.15, 0.2) is 0 Å². The first-order valence-corrected chi connectivity index (χ1v) is 12.3. The summed E-state index contributed by atoms with van der Waals surface area (Å²) < 4.78 is 25.1. The lowest BCUT2D eigenvalue weighted by atomic mass is 9.95. The molecule has 2 aromatic rings. The van der Waals surface area contributed by atoms with Crippen LogP contribution in [0.15, 0.2) is 48.7 Å². The van der Waals surface area contributed by atoms with E-state index >= 15 is 0 Å². The third kappa shape index (κ3) is 4.82. The standard InChI is InChI=1S/C22H28N4O3S/c1-30(28,29)25-20-10-9-18(15-23-20)22(11-12-22)21(27)24-19(16-26-13-5-6-14-26)17-7-3-2-4-8-17/h2-4,7-10,15,19H,5-6,11-14,16H2,1H3,(H,23,25)(H,24,27)/t19-/m1/s1. The van der Waals surface area contributed by atoms with Crippen LogP contribution in [0.3, 0.4) is 0 Å². The highest BCUT2D eigenvalue weighted by atomic mass is 32.2. The van der Waals surface area contributed by atoms with Crippen molar-refractivity contribution in [3.05, 3.63) is 59.8 Å². The van der Waals surface area contributed by atoms with E-state index in [-0.39, 0.29) is 17.8 Å². The van der Waals surface area contributed by atoms with Gasteiger partial charge in [-0.05, 0) is 56.0 Å². The van der Waals surface area contributed by atoms with E-state index in [1.807, 2.05) is 18.2 Å². The highest BCUT2D eigenvalue weighted by Gasteiger charge is 2.52. The number of benzene rings is 1. The Balaban J connectivity index is 1.50. The summed E-state index contributed by atoms with van der Waals surface area (Å²) in [7, 11) is -3.38. The number of hydrogen-bond donors (Lipinski definition) is 2. The molecule has 0 unspecified atom stereocenters. The van der Waals surface area contributed by atoms with Gasteiger partial charge in [-0.3, -0.25) is 9.52 Å². The van der Waals surface area contributed by atoms with Crippen LogP contribution in [-0.2, 0) is 20.2 Å². The van der Waals surface area contributed by atoms with E-state index in [2.05, 4.69) is 32.1 Å². The summed E-state index contributed by atoms with van der Waals surface area (Å²) in [5.41, 5.74) is 1.36. The summed E-state index contributed by atoms with van der Waals surface area (Å²) in [6, 6.07) is 13.5. The monoisotopic (exact) mass is 428 g/mol. The lowest BCUT2D eigenvalue weighted by molar-refractivity contribution is -0.124. The van der Waals surface area contributed by atoms with E-state index in [4.69, 9.17) is 0 Å². The van der Waals surface area contributed by atoms with Gasteiger partial charge >= 0.3 is 0 Å². The molecular formula is C22H28N4O3S. The zero-order valence-electron chi connectivity index (χ0n) is 17.2. The second kappa shape index (κ2) is 8.35. The van der Waals surface area contributed by atoms with Gasteiger partial charge in [0.2, 0.25) is 15.9 Å². The van der Waals surface area contributed by atoms with Crippen LogP contribution in [0.5, 0.6) is 0 Å². The van der Waals surface area contributed by atoms with Gasteiger partial charge < -0.3 is 10.2 Å². The van der Waals surface area contributed by atoms with Crippen molar-refractivity contribution >= 4 is 21.7 Å². The quantitative estimate of drug-likeness (QED) is 0.674. The number of hydrogen-bond acceptors (Lipinski definition) is 5. The number of likely N-dealkylation sites (tertiary alicyclic amines) is 1. The number of nitrogens with one attached hydrogen (secondary N) is 2. The average molecular weight is 429 g/mol. The molecule has 0 radical (unpaired) electrons. The van der Waals surface area contributed by atoms with Crippen LogP contribution in [0.25, 0.3) is 0 Å². The fourth-order valence-electron chi connectivity index (χ4n) is 4.14. The topological polar surface area (TPSA) is 91.4 Å². The van der Waals surface area contributed by atoms with Gasteiger partial charge in [0, 0.05) is 12.7 Å². The minimum absolute atomic E-state index is 0.0150. The predicted molar refractivity (Wildman–Crippen MR) is 117 cm³/mol. The second-order valence-electron chi connectivity index (χ2n) is 8.33. The summed E-state index contributed by atoms with van der Waals surface area (Å²) in [6.07, 6.45) is 6.65. The smallest absolute Gasteiger partial charge is 0.231 e. The van der Waals surface area contributed by atoms with E-state index in [0.29, 0.717) is 0 Å². The van der Waals surface area contributed by atoms with E-state index < -0.39 is 15.4 Å². The first-order valence-electron chi connectivity index (χ1n) is 10.4. The summed E-state index contributed by atoms with van der Waals surface area (Å²) >= 11 is 0. The first-order chi connectivity index (χ1) is 14.4. The summed E-state index contributed by atoms with van der Waals surface area (Å²) in [6.45, 7) is 2.95. The molecule has 1 amide bonds. The van der Waals surface area contributed by atoms with Crippen LogP contribution in [0.2, 0.25) is 0 Å². The van der Waals surface area contributed by atoms with E-state index in [1.165, 1.54) is 12.8 Å². The SMILES string of the molecule is CS(=O)(=O)Nc1ccc(C2(C(=O)N[C@H](CN3CCCC3)c3ccccc3)CC2)cn1. The largest absolute Gasteiger partial charge is 0.347 e. The number of carbonyl (C=O) groups is 1. The zero-order chi connectivity index (χ0) is 21.2. The third-order valence-electron chi connectivity index (χ3n) is 5.94. The number of rotatable bonds is 8. The molecule has 2 aliphatic rings. The molecule has 1 saturated heterocycles. The van der Waals surface area contributed by atoms with Gasteiger partial charge in [-0.2, -0.15) is 0 Å². The van der Waals surface area contributed by atoms with E-state index in [9.17, 15) is 13.2 Å². The normalized spacial score (nSPS) is 19.2. The fraction of sp³-hybridized carbons (Fsp3) is 0.455. The highest BCUT2D eigenvalue weighted by molar-refractivity contribution is 7.92. The van der Waals surface area contributed by atoms with Gasteiger partial charge in [0.25, 0.3) is 0 Å². The number of sulfonamides is 1. The van der Waals surface area contributed by atoms with Crippen LogP contribution in [-0.4, -0.2) is 50.1 Å². The number of nitrogens with zero attached hydrogens (tertiary/aromatic N) is 2. The van der Waals surface area contributed by atoms with Crippen molar-refractivity contribution in [3.8, 4) is 0 Å². The predicted octanol–water partition coefficient (Wildman–Crippen LogP) is 2.44. The Morgan fingerprint density at radius 3 is 2.40 bits per heavy atom. The maximum atomic E-state index is 13.3. The van der Waals surface area contributed by atoms with Crippen LogP contribution in [0.1, 0.15) is 42.9 Å². The molecule has 30 heavy (non-hydrogen) atoms. The fourth-order valence-corrected chi connectivity index (χ4v) is 4.64. The number of pyridine rings is 1. The average Bonchev–Trinajstić information content (AvgIpc) is 3.37. The van der Waals surface area contributed by atoms with Crippen molar-refractivity contribution in [3.63, 3.8) is 0 Å². The highest BCUT2D eigenvalue weighted by Crippen LogP contribution is 2.48. The van der Waals surface area contributed by atoms with E-state index in [1.54, 1.807) is 18.3 Å². The lowest BCUT2D eigenvalue weighted by Gasteiger charge is -2.27. The van der Waals surface area contributed by atoms with Gasteiger partial charge in [-0.25, -0.2) is 13.4 Å². The molecule has 1 saturated carbocycles. The molecule has 160 valence electrons. The Bertz CT molecular complexity index is 983. The number of aromatic nitrogens is 1. The molecule has 2 N–H and O–H groups in total. The number of carbonyl (C=O) groups excluding carboxylic acids is 1. The van der Waals surface area contributed by atoms with Crippen molar-refractivity contribution in [1.82, 2.24) is 15.2 Å². The van der Waals surface area contributed by atoms with Gasteiger partial charge in [-0.1, -0.05) is 36.4 Å². The molecule has 4 rings (SSSR count). The van der Waals surface area contributed by atoms with Crippen molar-refractivity contribution in [2.24, 2.45) is 0 Å². The van der Waals surface area contributed by atoms with Gasteiger partial charge in [0.05, 0.1) is 17.7 Å². The maximum absolute atomic E-state index is 13.3. The Hall–Kier alpha value is -2.45. The molecule has 1 aliphatic heterocycles. The van der Waals surface area contributed by atoms with Gasteiger partial charge in [0.1, 0.15) is 5.82 Å². The minimum Gasteiger partial charge on any atom is -0.347 e. The Labute approximate surface area is 177 Å². The van der Waals surface area contributed by atoms with Crippen molar-refractivity contribution in [1.29, 1.82) is 0 Å². The molecule has 1 aromatic carbocycles. The van der Waals surface area contributed by atoms with E-state index in [0.717, 1.165) is 49.9 Å². The summed E-state index contributed by atoms with van der Waals surface area (Å²) in [5, 5.41) is 3.29. The molecule has 7 nitrogen and oxygen atoms in total. The Morgan fingerprint density at radius 1 is 1.13 bits per heavy atom. The van der Waals surface area contributed by atoms with Gasteiger partial charge in [-0.15, -0.1) is 0 Å². The summed E-state index contributed by atoms with van der Waals surface area (Å²) in [5.74, 6) is 0.273. The molecular weight excluding hydrogens is 400 g/mol. The molecule has 2 fully saturated rings. The van der Waals surface area contributed by atoms with Crippen LogP contribution >= 0.6 is 0 Å². The Kier molecular flexibility index (Phi) is 5.79. The van der Waals surface area contributed by atoms with Crippen molar-refractivity contribution in [2.45, 2.75) is 37.1 Å². The lowest BCUT2D eigenvalue weighted by Crippen LogP contribution is -2.41. The second-order valence-corrected chi connectivity index (χ2v) is 10.1. The molecule has 1 aliphatic carbocycles. The first kappa shape index (κ1) is 20.8. The minimum atomic E-state index is -3.38. The third-order valence-corrected chi connectivity index (χ3v) is 6.52. The van der Waals surface area contributed by atoms with Crippen LogP contribution < -0.4 is 10.0 Å². The van der Waals surface area contributed by atoms with Crippen LogP contribution in [0, 0.1) is 0 Å². The molecule has 8 heteroatoms. The molecule has 2 heterocycles. The Morgan fingerprint density at radius 2 is 1.83 bits per heavy atom. The molecule has 0 bridgehead atoms. The number of amides is 1. The van der Waals surface area contributed by atoms with Crippen molar-refractivity contribution in [2.75, 3.05) is 30.6 Å². The molecule has 0 spiro atoms.